The van der Waals surface area contributed by atoms with Gasteiger partial charge in [-0.3, -0.25) is 9.48 Å². The molecule has 0 bridgehead atoms. The zero-order valence-corrected chi connectivity index (χ0v) is 17.8. The summed E-state index contributed by atoms with van der Waals surface area (Å²) in [5, 5.41) is 7.86. The van der Waals surface area contributed by atoms with Crippen LogP contribution in [0.15, 0.2) is 18.6 Å². The lowest BCUT2D eigenvalue weighted by Gasteiger charge is -2.36. The highest BCUT2D eigenvalue weighted by atomic mass is 16.2. The van der Waals surface area contributed by atoms with Gasteiger partial charge in [0.2, 0.25) is 11.9 Å². The van der Waals surface area contributed by atoms with E-state index in [0.717, 1.165) is 48.9 Å². The van der Waals surface area contributed by atoms with Crippen LogP contribution in [0.25, 0.3) is 0 Å². The molecule has 160 valence electrons. The van der Waals surface area contributed by atoms with Gasteiger partial charge in [-0.05, 0) is 25.2 Å². The lowest BCUT2D eigenvalue weighted by molar-refractivity contribution is -0.119. The molecule has 8 nitrogen and oxygen atoms in total. The van der Waals surface area contributed by atoms with Crippen molar-refractivity contribution < 1.29 is 4.79 Å². The Bertz CT molecular complexity index is 905. The second-order valence-corrected chi connectivity index (χ2v) is 8.91. The maximum Gasteiger partial charge on any atom is 0.249 e. The molecule has 2 aromatic rings. The molecule has 4 heterocycles. The van der Waals surface area contributed by atoms with E-state index in [0.29, 0.717) is 12.5 Å². The number of hydrogen-bond acceptors (Lipinski definition) is 6. The molecule has 2 aliphatic heterocycles. The number of carbonyl (C=O) groups is 1. The van der Waals surface area contributed by atoms with Crippen LogP contribution in [0.1, 0.15) is 56.9 Å². The van der Waals surface area contributed by atoms with E-state index in [-0.39, 0.29) is 11.9 Å². The first-order valence-electron chi connectivity index (χ1n) is 11.4. The van der Waals surface area contributed by atoms with E-state index in [1.807, 2.05) is 13.2 Å². The fourth-order valence-electron chi connectivity index (χ4n) is 5.11. The number of carbonyl (C=O) groups excluding carboxylic acids is 1. The van der Waals surface area contributed by atoms with Crippen LogP contribution in [-0.4, -0.2) is 45.3 Å². The Morgan fingerprint density at radius 3 is 2.87 bits per heavy atom. The number of rotatable bonds is 6. The minimum Gasteiger partial charge on any atom is -0.350 e. The number of hydrogen-bond donors (Lipinski definition) is 1. The standard InChI is InChI=1S/C22H31N7O/c1-27-19-14-24-22(26-20(19)29-10-5-8-18(29)21(27)30)23-12-17-13-25-28(15-17)11-9-16-6-3-2-4-7-16/h13-16,18H,2-12H2,1H3,(H,23,24,26). The zero-order valence-electron chi connectivity index (χ0n) is 17.8. The van der Waals surface area contributed by atoms with Crippen molar-refractivity contribution in [3.8, 4) is 0 Å². The highest BCUT2D eigenvalue weighted by Crippen LogP contribution is 2.37. The van der Waals surface area contributed by atoms with E-state index in [4.69, 9.17) is 4.98 Å². The fraction of sp³-hybridized carbons (Fsp3) is 0.636. The summed E-state index contributed by atoms with van der Waals surface area (Å²) in [4.78, 5) is 25.5. The molecule has 0 aromatic carbocycles. The Morgan fingerprint density at radius 2 is 2.00 bits per heavy atom. The molecule has 5 rings (SSSR count). The largest absolute Gasteiger partial charge is 0.350 e. The van der Waals surface area contributed by atoms with Crippen LogP contribution in [0, 0.1) is 5.92 Å². The van der Waals surface area contributed by atoms with Crippen LogP contribution in [0.4, 0.5) is 17.5 Å². The quantitative estimate of drug-likeness (QED) is 0.789. The highest BCUT2D eigenvalue weighted by Gasteiger charge is 2.40. The fourth-order valence-corrected chi connectivity index (χ4v) is 5.11. The van der Waals surface area contributed by atoms with E-state index < -0.39 is 0 Å². The van der Waals surface area contributed by atoms with Crippen molar-refractivity contribution in [3.05, 3.63) is 24.2 Å². The molecule has 1 unspecified atom stereocenters. The van der Waals surface area contributed by atoms with Gasteiger partial charge >= 0.3 is 0 Å². The van der Waals surface area contributed by atoms with Crippen molar-refractivity contribution in [2.24, 2.45) is 5.92 Å². The second-order valence-electron chi connectivity index (χ2n) is 8.91. The number of nitrogens with zero attached hydrogens (tertiary/aromatic N) is 6. The number of aromatic nitrogens is 4. The molecule has 8 heteroatoms. The van der Waals surface area contributed by atoms with Gasteiger partial charge in [-0.15, -0.1) is 0 Å². The van der Waals surface area contributed by atoms with Gasteiger partial charge in [0.05, 0.1) is 12.4 Å². The van der Waals surface area contributed by atoms with Crippen molar-refractivity contribution >= 4 is 23.4 Å². The van der Waals surface area contributed by atoms with Crippen LogP contribution in [0.3, 0.4) is 0 Å². The molecule has 1 atom stereocenters. The first-order valence-corrected chi connectivity index (χ1v) is 11.4. The molecule has 1 saturated carbocycles. The molecular weight excluding hydrogens is 378 g/mol. The second kappa shape index (κ2) is 8.24. The van der Waals surface area contributed by atoms with Crippen molar-refractivity contribution in [3.63, 3.8) is 0 Å². The molecule has 1 aliphatic carbocycles. The van der Waals surface area contributed by atoms with E-state index in [1.54, 1.807) is 11.1 Å². The Balaban J connectivity index is 1.21. The van der Waals surface area contributed by atoms with Crippen LogP contribution >= 0.6 is 0 Å². The van der Waals surface area contributed by atoms with Crippen LogP contribution in [0.5, 0.6) is 0 Å². The predicted octanol–water partition coefficient (Wildman–Crippen LogP) is 3.20. The summed E-state index contributed by atoms with van der Waals surface area (Å²) >= 11 is 0. The topological polar surface area (TPSA) is 79.2 Å². The van der Waals surface area contributed by atoms with Crippen LogP contribution in [-0.2, 0) is 17.9 Å². The number of likely N-dealkylation sites (N-methyl/N-ethyl adjacent to an activating group) is 1. The maximum atomic E-state index is 12.5. The molecule has 3 aliphatic rings. The first-order chi connectivity index (χ1) is 14.7. The summed E-state index contributed by atoms with van der Waals surface area (Å²) in [6, 6.07) is -0.0763. The number of anilines is 3. The number of aryl methyl sites for hydroxylation is 1. The predicted molar refractivity (Wildman–Crippen MR) is 117 cm³/mol. The normalized spacial score (nSPS) is 21.6. The van der Waals surface area contributed by atoms with Crippen molar-refractivity contribution in [2.45, 2.75) is 70.5 Å². The number of amides is 1. The summed E-state index contributed by atoms with van der Waals surface area (Å²) < 4.78 is 2.06. The Hall–Kier alpha value is -2.64. The Labute approximate surface area is 177 Å². The number of fused-ring (bicyclic) bond motifs is 3. The van der Waals surface area contributed by atoms with E-state index in [1.165, 1.54) is 38.5 Å². The smallest absolute Gasteiger partial charge is 0.249 e. The average molecular weight is 410 g/mol. The van der Waals surface area contributed by atoms with Gasteiger partial charge < -0.3 is 15.1 Å². The third kappa shape index (κ3) is 3.75. The van der Waals surface area contributed by atoms with Crippen molar-refractivity contribution in [1.29, 1.82) is 0 Å². The molecule has 0 spiro atoms. The lowest BCUT2D eigenvalue weighted by Crippen LogP contribution is -2.49. The third-order valence-electron chi connectivity index (χ3n) is 6.88. The van der Waals surface area contributed by atoms with Gasteiger partial charge in [0, 0.05) is 38.4 Å². The van der Waals surface area contributed by atoms with Gasteiger partial charge in [-0.1, -0.05) is 32.1 Å². The monoisotopic (exact) mass is 409 g/mol. The molecule has 2 aromatic heterocycles. The number of nitrogens with one attached hydrogen (secondary N) is 1. The van der Waals surface area contributed by atoms with E-state index >= 15 is 0 Å². The van der Waals surface area contributed by atoms with Gasteiger partial charge in [0.25, 0.3) is 0 Å². The molecule has 30 heavy (non-hydrogen) atoms. The molecule has 1 amide bonds. The first kappa shape index (κ1) is 19.3. The zero-order chi connectivity index (χ0) is 20.5. The molecule has 0 radical (unpaired) electrons. The summed E-state index contributed by atoms with van der Waals surface area (Å²) in [5.74, 6) is 2.47. The lowest BCUT2D eigenvalue weighted by atomic mass is 9.87. The maximum absolute atomic E-state index is 12.5. The summed E-state index contributed by atoms with van der Waals surface area (Å²) in [7, 11) is 1.81. The summed E-state index contributed by atoms with van der Waals surface area (Å²) in [6.45, 7) is 2.51. The van der Waals surface area contributed by atoms with Crippen LogP contribution < -0.4 is 15.1 Å². The van der Waals surface area contributed by atoms with Gasteiger partial charge in [0.1, 0.15) is 11.7 Å². The van der Waals surface area contributed by atoms with E-state index in [2.05, 4.69) is 31.2 Å². The van der Waals surface area contributed by atoms with Gasteiger partial charge in [-0.2, -0.15) is 10.1 Å². The van der Waals surface area contributed by atoms with Gasteiger partial charge in [-0.25, -0.2) is 4.98 Å². The molecule has 1 saturated heterocycles. The van der Waals surface area contributed by atoms with Gasteiger partial charge in [0.15, 0.2) is 5.82 Å². The molecule has 1 N–H and O–H groups in total. The minimum absolute atomic E-state index is 0.0763. The summed E-state index contributed by atoms with van der Waals surface area (Å²) in [6.07, 6.45) is 15.9. The molecule has 2 fully saturated rings. The Morgan fingerprint density at radius 1 is 1.13 bits per heavy atom. The van der Waals surface area contributed by atoms with Crippen molar-refractivity contribution in [1.82, 2.24) is 19.7 Å². The van der Waals surface area contributed by atoms with E-state index in [9.17, 15) is 4.79 Å². The Kier molecular flexibility index (Phi) is 5.31. The molecular formula is C22H31N7O. The third-order valence-corrected chi connectivity index (χ3v) is 6.88. The SMILES string of the molecule is CN1C(=O)C2CCCN2c2nc(NCc3cnn(CCC4CCCCC4)c3)ncc21. The highest BCUT2D eigenvalue weighted by molar-refractivity contribution is 6.04. The minimum atomic E-state index is -0.0763. The summed E-state index contributed by atoms with van der Waals surface area (Å²) in [5.41, 5.74) is 1.92. The van der Waals surface area contributed by atoms with Crippen molar-refractivity contribution in [2.75, 3.05) is 28.7 Å². The van der Waals surface area contributed by atoms with Crippen LogP contribution in [0.2, 0.25) is 0 Å². The average Bonchev–Trinajstić information content (AvgIpc) is 3.45.